The van der Waals surface area contributed by atoms with Crippen molar-refractivity contribution in [2.24, 2.45) is 11.8 Å². The summed E-state index contributed by atoms with van der Waals surface area (Å²) >= 11 is 0. The minimum absolute atomic E-state index is 0.443. The van der Waals surface area contributed by atoms with Gasteiger partial charge in [-0.05, 0) is 49.5 Å². The molecule has 2 N–H and O–H groups in total. The Balaban J connectivity index is 2.11. The van der Waals surface area contributed by atoms with Gasteiger partial charge < -0.3 is 10.2 Å². The van der Waals surface area contributed by atoms with Crippen molar-refractivity contribution in [2.45, 2.75) is 38.2 Å². The van der Waals surface area contributed by atoms with Crippen LogP contribution in [-0.2, 0) is 4.79 Å². The quantitative estimate of drug-likeness (QED) is 0.668. The van der Waals surface area contributed by atoms with E-state index in [4.69, 9.17) is 5.11 Å². The van der Waals surface area contributed by atoms with Crippen molar-refractivity contribution in [1.82, 2.24) is 0 Å². The second-order valence-electron chi connectivity index (χ2n) is 4.91. The first-order valence-electron chi connectivity index (χ1n) is 5.87. The average Bonchev–Trinajstić information content (AvgIpc) is 2.97. The first kappa shape index (κ1) is 11.4. The van der Waals surface area contributed by atoms with Gasteiger partial charge >= 0.3 is 5.97 Å². The summed E-state index contributed by atoms with van der Waals surface area (Å²) in [4.78, 5) is 11.0. The Morgan fingerprint density at radius 1 is 1.38 bits per heavy atom. The van der Waals surface area contributed by atoms with Crippen LogP contribution in [0.5, 0.6) is 0 Å². The number of fused-ring (bicyclic) bond motifs is 1. The van der Waals surface area contributed by atoms with Gasteiger partial charge in [-0.15, -0.1) is 0 Å². The third kappa shape index (κ3) is 2.53. The SMILES string of the molecule is C=C1CC[C@@H]2C[C@@H]2/C=C(\C(=O)O)CC[C@@H]1O. The zero-order valence-corrected chi connectivity index (χ0v) is 9.35. The van der Waals surface area contributed by atoms with E-state index in [1.165, 1.54) is 0 Å². The van der Waals surface area contributed by atoms with E-state index in [-0.39, 0.29) is 0 Å². The molecule has 1 saturated carbocycles. The zero-order chi connectivity index (χ0) is 11.7. The van der Waals surface area contributed by atoms with Crippen molar-refractivity contribution < 1.29 is 15.0 Å². The molecule has 3 atom stereocenters. The number of allylic oxidation sites excluding steroid dienone is 1. The number of carboxylic acids is 1. The predicted molar refractivity (Wildman–Crippen MR) is 60.9 cm³/mol. The van der Waals surface area contributed by atoms with Crippen LogP contribution in [0.25, 0.3) is 0 Å². The highest BCUT2D eigenvalue weighted by molar-refractivity contribution is 5.86. The maximum atomic E-state index is 11.0. The van der Waals surface area contributed by atoms with E-state index in [0.29, 0.717) is 30.3 Å². The van der Waals surface area contributed by atoms with E-state index >= 15 is 0 Å². The van der Waals surface area contributed by atoms with E-state index in [1.807, 2.05) is 6.08 Å². The summed E-state index contributed by atoms with van der Waals surface area (Å²) in [6, 6.07) is 0. The monoisotopic (exact) mass is 222 g/mol. The van der Waals surface area contributed by atoms with Gasteiger partial charge in [0.25, 0.3) is 0 Å². The first-order chi connectivity index (χ1) is 7.58. The molecule has 0 unspecified atom stereocenters. The molecule has 2 aliphatic carbocycles. The number of carboxylic acid groups (broad SMARTS) is 1. The van der Waals surface area contributed by atoms with Gasteiger partial charge in [0.1, 0.15) is 0 Å². The molecular weight excluding hydrogens is 204 g/mol. The topological polar surface area (TPSA) is 57.5 Å². The molecule has 88 valence electrons. The summed E-state index contributed by atoms with van der Waals surface area (Å²) in [6.07, 6.45) is 5.28. The molecule has 0 saturated heterocycles. The predicted octanol–water partition coefficient (Wildman–Crippen LogP) is 2.12. The molecule has 0 aliphatic heterocycles. The Morgan fingerprint density at radius 2 is 2.12 bits per heavy atom. The highest BCUT2D eigenvalue weighted by Gasteiger charge is 2.36. The third-order valence-corrected chi connectivity index (χ3v) is 3.66. The highest BCUT2D eigenvalue weighted by Crippen LogP contribution is 2.45. The molecule has 2 aliphatic rings. The van der Waals surface area contributed by atoms with Gasteiger partial charge in [-0.3, -0.25) is 0 Å². The molecule has 2 rings (SSSR count). The third-order valence-electron chi connectivity index (χ3n) is 3.66. The molecule has 3 heteroatoms. The maximum Gasteiger partial charge on any atom is 0.331 e. The smallest absolute Gasteiger partial charge is 0.331 e. The standard InChI is InChI=1S/C13H18O3/c1-8-2-3-9-6-11(9)7-10(13(15)16)4-5-12(8)14/h7,9,11-12,14H,1-6H2,(H,15,16)/b10-7-/t9-,11-,12+/m1/s1. The summed E-state index contributed by atoms with van der Waals surface area (Å²) in [5.74, 6) is 0.217. The lowest BCUT2D eigenvalue weighted by atomic mass is 9.95. The second kappa shape index (κ2) is 4.42. The van der Waals surface area contributed by atoms with E-state index in [2.05, 4.69) is 6.58 Å². The number of aliphatic carboxylic acids is 1. The Morgan fingerprint density at radius 3 is 2.81 bits per heavy atom. The minimum Gasteiger partial charge on any atom is -0.478 e. The minimum atomic E-state index is -0.843. The van der Waals surface area contributed by atoms with Crippen molar-refractivity contribution in [3.8, 4) is 0 Å². The maximum absolute atomic E-state index is 11.0. The fourth-order valence-electron chi connectivity index (χ4n) is 2.36. The van der Waals surface area contributed by atoms with E-state index in [9.17, 15) is 9.90 Å². The van der Waals surface area contributed by atoms with Gasteiger partial charge in [0, 0.05) is 5.57 Å². The van der Waals surface area contributed by atoms with E-state index < -0.39 is 12.1 Å². The molecule has 16 heavy (non-hydrogen) atoms. The number of aliphatic hydroxyl groups excluding tert-OH is 1. The molecule has 3 nitrogen and oxygen atoms in total. The number of hydrogen-bond acceptors (Lipinski definition) is 2. The number of rotatable bonds is 1. The Hall–Kier alpha value is -1.09. The molecular formula is C13H18O3. The number of carbonyl (C=O) groups is 1. The molecule has 0 radical (unpaired) electrons. The van der Waals surface area contributed by atoms with Crippen molar-refractivity contribution >= 4 is 5.97 Å². The highest BCUT2D eigenvalue weighted by atomic mass is 16.4. The van der Waals surface area contributed by atoms with Gasteiger partial charge in [-0.25, -0.2) is 4.79 Å². The Labute approximate surface area is 95.5 Å². The number of aliphatic hydroxyl groups is 1. The second-order valence-corrected chi connectivity index (χ2v) is 4.91. The van der Waals surface area contributed by atoms with Crippen molar-refractivity contribution in [3.63, 3.8) is 0 Å². The Kier molecular flexibility index (Phi) is 3.15. The number of hydrogen-bond donors (Lipinski definition) is 2. The summed E-state index contributed by atoms with van der Waals surface area (Å²) in [5, 5.41) is 18.8. The molecule has 0 amide bonds. The summed E-state index contributed by atoms with van der Waals surface area (Å²) < 4.78 is 0. The van der Waals surface area contributed by atoms with Crippen LogP contribution in [0.15, 0.2) is 23.8 Å². The fourth-order valence-corrected chi connectivity index (χ4v) is 2.36. The van der Waals surface area contributed by atoms with Crippen LogP contribution >= 0.6 is 0 Å². The average molecular weight is 222 g/mol. The summed E-state index contributed by atoms with van der Waals surface area (Å²) in [7, 11) is 0. The van der Waals surface area contributed by atoms with E-state index in [1.54, 1.807) is 0 Å². The summed E-state index contributed by atoms with van der Waals surface area (Å²) in [5.41, 5.74) is 1.32. The lowest BCUT2D eigenvalue weighted by molar-refractivity contribution is -0.132. The fraction of sp³-hybridized carbons (Fsp3) is 0.615. The molecule has 0 aromatic rings. The van der Waals surface area contributed by atoms with Crippen molar-refractivity contribution in [2.75, 3.05) is 0 Å². The van der Waals surface area contributed by atoms with Crippen LogP contribution in [0.1, 0.15) is 32.1 Å². The van der Waals surface area contributed by atoms with Crippen molar-refractivity contribution in [1.29, 1.82) is 0 Å². The lowest BCUT2D eigenvalue weighted by Gasteiger charge is -2.15. The largest absolute Gasteiger partial charge is 0.478 e. The van der Waals surface area contributed by atoms with Gasteiger partial charge in [-0.2, -0.15) is 0 Å². The van der Waals surface area contributed by atoms with Crippen LogP contribution in [0.2, 0.25) is 0 Å². The van der Waals surface area contributed by atoms with Gasteiger partial charge in [0.15, 0.2) is 0 Å². The molecule has 0 spiro atoms. The van der Waals surface area contributed by atoms with Crippen LogP contribution in [0, 0.1) is 11.8 Å². The van der Waals surface area contributed by atoms with Crippen LogP contribution in [0.4, 0.5) is 0 Å². The zero-order valence-electron chi connectivity index (χ0n) is 9.35. The normalized spacial score (nSPS) is 38.2. The van der Waals surface area contributed by atoms with E-state index in [0.717, 1.165) is 24.8 Å². The van der Waals surface area contributed by atoms with Crippen LogP contribution in [-0.4, -0.2) is 22.3 Å². The lowest BCUT2D eigenvalue weighted by Crippen LogP contribution is -2.13. The Bertz CT molecular complexity index is 343. The molecule has 1 fully saturated rings. The van der Waals surface area contributed by atoms with Gasteiger partial charge in [0.05, 0.1) is 6.10 Å². The van der Waals surface area contributed by atoms with Crippen molar-refractivity contribution in [3.05, 3.63) is 23.8 Å². The van der Waals surface area contributed by atoms with Crippen LogP contribution in [0.3, 0.4) is 0 Å². The molecule has 0 heterocycles. The van der Waals surface area contributed by atoms with Crippen LogP contribution < -0.4 is 0 Å². The van der Waals surface area contributed by atoms with Gasteiger partial charge in [-0.1, -0.05) is 12.7 Å². The summed E-state index contributed by atoms with van der Waals surface area (Å²) in [6.45, 7) is 3.88. The molecule has 0 aromatic heterocycles. The first-order valence-corrected chi connectivity index (χ1v) is 5.87. The molecule has 0 aromatic carbocycles. The molecule has 0 bridgehead atoms. The van der Waals surface area contributed by atoms with Gasteiger partial charge in [0.2, 0.25) is 0 Å².